The molecule has 1 aliphatic heterocycles. The molecule has 0 bridgehead atoms. The molecule has 0 atom stereocenters. The van der Waals surface area contributed by atoms with Crippen LogP contribution < -0.4 is 5.32 Å². The summed E-state index contributed by atoms with van der Waals surface area (Å²) < 4.78 is 0. The molecule has 3 N–H and O–H groups in total. The summed E-state index contributed by atoms with van der Waals surface area (Å²) in [5.41, 5.74) is 0.138. The molecule has 5 nitrogen and oxygen atoms in total. The first kappa shape index (κ1) is 9.66. The van der Waals surface area contributed by atoms with Gasteiger partial charge in [-0.2, -0.15) is 0 Å². The minimum absolute atomic E-state index is 0.0127. The number of aliphatic carboxylic acids is 2. The van der Waals surface area contributed by atoms with E-state index in [4.69, 9.17) is 10.2 Å². The highest BCUT2D eigenvalue weighted by atomic mass is 32.2. The molecule has 0 amide bonds. The Hall–Kier alpha value is -1.43. The average molecular weight is 201 g/mol. The summed E-state index contributed by atoms with van der Waals surface area (Å²) in [6.45, 7) is 0. The molecule has 1 aliphatic rings. The lowest BCUT2D eigenvalue weighted by Crippen LogP contribution is -2.15. The number of carbonyl (C=O) groups is 2. The first-order valence-electron chi connectivity index (χ1n) is 3.35. The van der Waals surface area contributed by atoms with Crippen LogP contribution in [0.25, 0.3) is 0 Å². The number of hydrogen-bond acceptors (Lipinski definition) is 4. The van der Waals surface area contributed by atoms with E-state index in [0.717, 1.165) is 11.8 Å². The van der Waals surface area contributed by atoms with Gasteiger partial charge in [0, 0.05) is 17.4 Å². The Bertz CT molecular complexity index is 308. The maximum absolute atomic E-state index is 10.5. The van der Waals surface area contributed by atoms with Gasteiger partial charge in [-0.15, -0.1) is 11.8 Å². The number of hydrogen-bond donors (Lipinski definition) is 3. The molecule has 1 heterocycles. The van der Waals surface area contributed by atoms with Gasteiger partial charge in [0.25, 0.3) is 0 Å². The number of rotatable bonds is 2. The van der Waals surface area contributed by atoms with Crippen LogP contribution in [0, 0.1) is 0 Å². The van der Waals surface area contributed by atoms with Gasteiger partial charge in [0.15, 0.2) is 0 Å². The van der Waals surface area contributed by atoms with E-state index in [1.807, 2.05) is 0 Å². The summed E-state index contributed by atoms with van der Waals surface area (Å²) in [5, 5.41) is 21.0. The minimum Gasteiger partial charge on any atom is -0.478 e. The molecule has 6 heteroatoms. The second kappa shape index (κ2) is 3.99. The zero-order valence-electron chi connectivity index (χ0n) is 6.48. The molecule has 1 rings (SSSR count). The van der Waals surface area contributed by atoms with E-state index >= 15 is 0 Å². The second-order valence-corrected chi connectivity index (χ2v) is 3.12. The van der Waals surface area contributed by atoms with Gasteiger partial charge in [0.2, 0.25) is 0 Å². The molecule has 0 fully saturated rings. The van der Waals surface area contributed by atoms with Crippen molar-refractivity contribution in [2.75, 3.05) is 5.75 Å². The molecular formula is C7H7NO4S. The Labute approximate surface area is 78.1 Å². The first-order chi connectivity index (χ1) is 6.11. The summed E-state index contributed by atoms with van der Waals surface area (Å²) in [6.07, 6.45) is 1.20. The average Bonchev–Trinajstić information content (AvgIpc) is 2.27. The normalized spacial score (nSPS) is 16.3. The van der Waals surface area contributed by atoms with Gasteiger partial charge >= 0.3 is 11.9 Å². The fraction of sp³-hybridized carbons (Fsp3) is 0.143. The highest BCUT2D eigenvalue weighted by Crippen LogP contribution is 2.14. The third-order valence-corrected chi connectivity index (χ3v) is 2.23. The van der Waals surface area contributed by atoms with Crippen molar-refractivity contribution in [3.05, 3.63) is 22.9 Å². The van der Waals surface area contributed by atoms with Crippen molar-refractivity contribution in [1.29, 1.82) is 0 Å². The summed E-state index contributed by atoms with van der Waals surface area (Å²) in [7, 11) is 0. The van der Waals surface area contributed by atoms with Crippen LogP contribution in [0.2, 0.25) is 0 Å². The maximum Gasteiger partial charge on any atom is 0.352 e. The number of carboxylic acid groups (broad SMARTS) is 2. The van der Waals surface area contributed by atoms with Crippen molar-refractivity contribution in [2.45, 2.75) is 0 Å². The van der Waals surface area contributed by atoms with E-state index in [1.54, 1.807) is 0 Å². The maximum atomic E-state index is 10.5. The Morgan fingerprint density at radius 2 is 2.08 bits per heavy atom. The van der Waals surface area contributed by atoms with Crippen molar-refractivity contribution < 1.29 is 19.8 Å². The number of carboxylic acids is 2. The molecular weight excluding hydrogens is 194 g/mol. The molecule has 0 unspecified atom stereocenters. The Balaban J connectivity index is 2.75. The summed E-state index contributed by atoms with van der Waals surface area (Å²) in [5.74, 6) is -1.88. The SMILES string of the molecule is O=C(O)C1=CNC(C(=O)O)=CSC1. The van der Waals surface area contributed by atoms with Crippen molar-refractivity contribution in [3.8, 4) is 0 Å². The molecule has 70 valence electrons. The topological polar surface area (TPSA) is 86.6 Å². The predicted octanol–water partition coefficient (Wildman–Crippen LogP) is 0.217. The van der Waals surface area contributed by atoms with Crippen LogP contribution in [0.1, 0.15) is 0 Å². The lowest BCUT2D eigenvalue weighted by atomic mass is 10.3. The quantitative estimate of drug-likeness (QED) is 0.592. The highest BCUT2D eigenvalue weighted by Gasteiger charge is 2.13. The highest BCUT2D eigenvalue weighted by molar-refractivity contribution is 8.02. The standard InChI is InChI=1S/C7H7NO4S/c9-6(10)4-1-8-5(7(11)12)3-13-2-4/h1,3,8H,2H2,(H,9,10)(H,11,12). The van der Waals surface area contributed by atoms with Crippen LogP contribution in [0.4, 0.5) is 0 Å². The van der Waals surface area contributed by atoms with E-state index < -0.39 is 11.9 Å². The van der Waals surface area contributed by atoms with Gasteiger partial charge in [-0.05, 0) is 0 Å². The smallest absolute Gasteiger partial charge is 0.352 e. The van der Waals surface area contributed by atoms with Crippen LogP contribution in [0.3, 0.4) is 0 Å². The Morgan fingerprint density at radius 3 is 2.62 bits per heavy atom. The van der Waals surface area contributed by atoms with Gasteiger partial charge in [0.1, 0.15) is 5.70 Å². The van der Waals surface area contributed by atoms with E-state index in [1.165, 1.54) is 11.6 Å². The van der Waals surface area contributed by atoms with Gasteiger partial charge in [-0.25, -0.2) is 9.59 Å². The van der Waals surface area contributed by atoms with Crippen LogP contribution in [0.15, 0.2) is 22.9 Å². The third kappa shape index (κ3) is 2.51. The monoisotopic (exact) mass is 201 g/mol. The van der Waals surface area contributed by atoms with Gasteiger partial charge in [-0.3, -0.25) is 0 Å². The minimum atomic E-state index is -1.10. The van der Waals surface area contributed by atoms with Crippen LogP contribution in [0.5, 0.6) is 0 Å². The zero-order valence-corrected chi connectivity index (χ0v) is 7.30. The van der Waals surface area contributed by atoms with Gasteiger partial charge < -0.3 is 15.5 Å². The second-order valence-electron chi connectivity index (χ2n) is 2.27. The van der Waals surface area contributed by atoms with E-state index in [-0.39, 0.29) is 17.0 Å². The first-order valence-corrected chi connectivity index (χ1v) is 4.40. The van der Waals surface area contributed by atoms with Crippen molar-refractivity contribution >= 4 is 23.7 Å². The molecule has 0 saturated heterocycles. The number of thioether (sulfide) groups is 1. The Kier molecular flexibility index (Phi) is 2.97. The fourth-order valence-corrected chi connectivity index (χ4v) is 1.50. The van der Waals surface area contributed by atoms with Crippen LogP contribution in [-0.4, -0.2) is 27.9 Å². The van der Waals surface area contributed by atoms with Gasteiger partial charge in [-0.1, -0.05) is 0 Å². The van der Waals surface area contributed by atoms with Crippen LogP contribution in [-0.2, 0) is 9.59 Å². The molecule has 0 aromatic rings. The molecule has 0 aromatic carbocycles. The fourth-order valence-electron chi connectivity index (χ4n) is 0.691. The molecule has 0 radical (unpaired) electrons. The van der Waals surface area contributed by atoms with E-state index in [9.17, 15) is 9.59 Å². The van der Waals surface area contributed by atoms with Crippen molar-refractivity contribution in [2.24, 2.45) is 0 Å². The third-order valence-electron chi connectivity index (χ3n) is 1.35. The van der Waals surface area contributed by atoms with Crippen molar-refractivity contribution in [3.63, 3.8) is 0 Å². The molecule has 0 aromatic heterocycles. The lowest BCUT2D eigenvalue weighted by Gasteiger charge is -1.97. The lowest BCUT2D eigenvalue weighted by molar-refractivity contribution is -0.134. The van der Waals surface area contributed by atoms with Crippen molar-refractivity contribution in [1.82, 2.24) is 5.32 Å². The predicted molar refractivity (Wildman–Crippen MR) is 47.0 cm³/mol. The van der Waals surface area contributed by atoms with Gasteiger partial charge in [0.05, 0.1) is 5.57 Å². The summed E-state index contributed by atoms with van der Waals surface area (Å²) in [6, 6.07) is 0. The van der Waals surface area contributed by atoms with E-state index in [0.29, 0.717) is 0 Å². The molecule has 0 saturated carbocycles. The molecule has 0 spiro atoms. The summed E-state index contributed by atoms with van der Waals surface area (Å²) >= 11 is 1.13. The largest absolute Gasteiger partial charge is 0.478 e. The molecule has 13 heavy (non-hydrogen) atoms. The van der Waals surface area contributed by atoms with E-state index in [2.05, 4.69) is 5.32 Å². The van der Waals surface area contributed by atoms with Crippen LogP contribution >= 0.6 is 11.8 Å². The summed E-state index contributed by atoms with van der Waals surface area (Å²) in [4.78, 5) is 21.0. The Morgan fingerprint density at radius 1 is 1.38 bits per heavy atom. The zero-order chi connectivity index (χ0) is 9.84. The number of nitrogens with one attached hydrogen (secondary N) is 1. The molecule has 0 aliphatic carbocycles.